The lowest BCUT2D eigenvalue weighted by molar-refractivity contribution is 0.670. The van der Waals surface area contributed by atoms with Gasteiger partial charge < -0.3 is 13.9 Å². The molecule has 0 atom stereocenters. The van der Waals surface area contributed by atoms with Gasteiger partial charge in [-0.2, -0.15) is 0 Å². The number of nitrogens with zero attached hydrogens (tertiary/aromatic N) is 2. The van der Waals surface area contributed by atoms with Crippen molar-refractivity contribution in [3.8, 4) is 16.8 Å². The molecule has 7 aromatic carbocycles. The highest BCUT2D eigenvalue weighted by molar-refractivity contribution is 6.10. The van der Waals surface area contributed by atoms with Gasteiger partial charge in [0.15, 0.2) is 0 Å². The SMILES string of the molecule is Cc1ccc(N(c2ccc(-c3cccc4c3oc3ccccc34)cc2)c2ccc(-n3c4ccccc4c4ccccc43)cc2)cc1. The van der Waals surface area contributed by atoms with E-state index in [1.807, 2.05) is 12.1 Å². The van der Waals surface area contributed by atoms with Crippen LogP contribution in [-0.2, 0) is 0 Å². The fourth-order valence-corrected chi connectivity index (χ4v) is 6.86. The Hall–Kier alpha value is -6.06. The standard InChI is InChI=1S/C43H30N2O/c1-29-17-21-31(22-18-29)44(32-23-19-30(20-24-32)35-12-8-13-39-38-11-4-7-16-42(38)46-43(35)39)33-25-27-34(28-26-33)45-40-14-5-2-9-36(40)37-10-3-6-15-41(37)45/h2-28H,1H3. The normalized spacial score (nSPS) is 11.6. The van der Waals surface area contributed by atoms with Crippen molar-refractivity contribution in [2.45, 2.75) is 6.92 Å². The molecule has 0 saturated heterocycles. The summed E-state index contributed by atoms with van der Waals surface area (Å²) >= 11 is 0. The van der Waals surface area contributed by atoms with Crippen LogP contribution in [0.2, 0.25) is 0 Å². The van der Waals surface area contributed by atoms with Crippen molar-refractivity contribution in [2.24, 2.45) is 0 Å². The van der Waals surface area contributed by atoms with E-state index >= 15 is 0 Å². The second-order valence-electron chi connectivity index (χ2n) is 11.9. The lowest BCUT2D eigenvalue weighted by atomic mass is 10.0. The van der Waals surface area contributed by atoms with Crippen molar-refractivity contribution in [1.82, 2.24) is 4.57 Å². The molecule has 0 aliphatic heterocycles. The molecule has 218 valence electrons. The number of benzene rings is 7. The molecular weight excluding hydrogens is 560 g/mol. The molecule has 0 amide bonds. The van der Waals surface area contributed by atoms with E-state index in [4.69, 9.17) is 4.42 Å². The van der Waals surface area contributed by atoms with Crippen molar-refractivity contribution >= 4 is 60.8 Å². The maximum Gasteiger partial charge on any atom is 0.143 e. The van der Waals surface area contributed by atoms with Gasteiger partial charge in [0.2, 0.25) is 0 Å². The first-order valence-electron chi connectivity index (χ1n) is 15.7. The Kier molecular flexibility index (Phi) is 6.04. The molecule has 0 unspecified atom stereocenters. The second-order valence-corrected chi connectivity index (χ2v) is 11.9. The molecule has 2 aromatic heterocycles. The summed E-state index contributed by atoms with van der Waals surface area (Å²) in [6.45, 7) is 2.13. The zero-order valence-corrected chi connectivity index (χ0v) is 25.4. The molecule has 9 aromatic rings. The third-order valence-electron chi connectivity index (χ3n) is 9.08. The third-order valence-corrected chi connectivity index (χ3v) is 9.08. The van der Waals surface area contributed by atoms with Gasteiger partial charge in [-0.25, -0.2) is 0 Å². The summed E-state index contributed by atoms with van der Waals surface area (Å²) in [6, 6.07) is 58.4. The number of aryl methyl sites for hydroxylation is 1. The van der Waals surface area contributed by atoms with Crippen LogP contribution in [0, 0.1) is 6.92 Å². The van der Waals surface area contributed by atoms with Crippen molar-refractivity contribution in [3.63, 3.8) is 0 Å². The third kappa shape index (κ3) is 4.21. The van der Waals surface area contributed by atoms with Gasteiger partial charge in [0.05, 0.1) is 11.0 Å². The predicted octanol–water partition coefficient (Wildman–Crippen LogP) is 12.1. The molecule has 0 aliphatic carbocycles. The number of para-hydroxylation sites is 4. The molecule has 9 rings (SSSR count). The topological polar surface area (TPSA) is 21.3 Å². The zero-order valence-electron chi connectivity index (χ0n) is 25.4. The number of rotatable bonds is 5. The van der Waals surface area contributed by atoms with E-state index in [-0.39, 0.29) is 0 Å². The number of aromatic nitrogens is 1. The van der Waals surface area contributed by atoms with Crippen LogP contribution in [-0.4, -0.2) is 4.57 Å². The van der Waals surface area contributed by atoms with Crippen LogP contribution in [0.5, 0.6) is 0 Å². The highest BCUT2D eigenvalue weighted by atomic mass is 16.3. The number of hydrogen-bond acceptors (Lipinski definition) is 2. The average molecular weight is 591 g/mol. The van der Waals surface area contributed by atoms with Crippen LogP contribution >= 0.6 is 0 Å². The van der Waals surface area contributed by atoms with Crippen LogP contribution in [0.4, 0.5) is 17.1 Å². The summed E-state index contributed by atoms with van der Waals surface area (Å²) in [5, 5.41) is 4.82. The van der Waals surface area contributed by atoms with Gasteiger partial charge >= 0.3 is 0 Å². The molecule has 46 heavy (non-hydrogen) atoms. The minimum Gasteiger partial charge on any atom is -0.455 e. The molecule has 0 aliphatic rings. The first-order chi connectivity index (χ1) is 22.7. The van der Waals surface area contributed by atoms with Crippen LogP contribution < -0.4 is 4.90 Å². The van der Waals surface area contributed by atoms with Gasteiger partial charge in [-0.05, 0) is 79.2 Å². The molecule has 0 spiro atoms. The lowest BCUT2D eigenvalue weighted by Gasteiger charge is -2.26. The molecule has 3 nitrogen and oxygen atoms in total. The number of hydrogen-bond donors (Lipinski definition) is 0. The van der Waals surface area contributed by atoms with Gasteiger partial charge in [-0.3, -0.25) is 0 Å². The van der Waals surface area contributed by atoms with E-state index in [0.29, 0.717) is 0 Å². The van der Waals surface area contributed by atoms with Gasteiger partial charge in [0.1, 0.15) is 11.2 Å². The Morgan fingerprint density at radius 3 is 1.63 bits per heavy atom. The highest BCUT2D eigenvalue weighted by Crippen LogP contribution is 2.40. The second kappa shape index (κ2) is 10.5. The Labute approximate surface area is 267 Å². The average Bonchev–Trinajstić information content (AvgIpc) is 3.66. The quantitative estimate of drug-likeness (QED) is 0.199. The van der Waals surface area contributed by atoms with Crippen LogP contribution in [0.15, 0.2) is 168 Å². The number of fused-ring (bicyclic) bond motifs is 6. The van der Waals surface area contributed by atoms with Gasteiger partial charge in [-0.1, -0.05) is 103 Å². The Bertz CT molecular complexity index is 2460. The largest absolute Gasteiger partial charge is 0.455 e. The van der Waals surface area contributed by atoms with Crippen molar-refractivity contribution in [2.75, 3.05) is 4.90 Å². The minimum atomic E-state index is 0.913. The van der Waals surface area contributed by atoms with E-state index in [2.05, 4.69) is 168 Å². The predicted molar refractivity (Wildman–Crippen MR) is 193 cm³/mol. The molecular formula is C43H30N2O. The fourth-order valence-electron chi connectivity index (χ4n) is 6.86. The Morgan fingerprint density at radius 1 is 0.457 bits per heavy atom. The monoisotopic (exact) mass is 590 g/mol. The van der Waals surface area contributed by atoms with Gasteiger partial charge in [0, 0.05) is 49.9 Å². The summed E-state index contributed by atoms with van der Waals surface area (Å²) in [6.07, 6.45) is 0. The highest BCUT2D eigenvalue weighted by Gasteiger charge is 2.17. The molecule has 0 fully saturated rings. The summed E-state index contributed by atoms with van der Waals surface area (Å²) in [7, 11) is 0. The fraction of sp³-hybridized carbons (Fsp3) is 0.0233. The Balaban J connectivity index is 1.13. The molecule has 0 bridgehead atoms. The number of anilines is 3. The summed E-state index contributed by atoms with van der Waals surface area (Å²) < 4.78 is 8.71. The molecule has 0 radical (unpaired) electrons. The van der Waals surface area contributed by atoms with Crippen molar-refractivity contribution in [3.05, 3.63) is 169 Å². The van der Waals surface area contributed by atoms with Gasteiger partial charge in [0.25, 0.3) is 0 Å². The maximum absolute atomic E-state index is 6.35. The minimum absolute atomic E-state index is 0.913. The molecule has 3 heteroatoms. The molecule has 2 heterocycles. The van der Waals surface area contributed by atoms with Crippen LogP contribution in [0.1, 0.15) is 5.56 Å². The van der Waals surface area contributed by atoms with Gasteiger partial charge in [-0.15, -0.1) is 0 Å². The summed E-state index contributed by atoms with van der Waals surface area (Å²) in [5.74, 6) is 0. The summed E-state index contributed by atoms with van der Waals surface area (Å²) in [5.41, 5.74) is 12.2. The van der Waals surface area contributed by atoms with E-state index in [9.17, 15) is 0 Å². The van der Waals surface area contributed by atoms with E-state index in [1.54, 1.807) is 0 Å². The number of furan rings is 1. The maximum atomic E-state index is 6.35. The Morgan fingerprint density at radius 2 is 0.978 bits per heavy atom. The first-order valence-corrected chi connectivity index (χ1v) is 15.7. The first kappa shape index (κ1) is 26.4. The van der Waals surface area contributed by atoms with E-state index < -0.39 is 0 Å². The van der Waals surface area contributed by atoms with E-state index in [1.165, 1.54) is 27.4 Å². The smallest absolute Gasteiger partial charge is 0.143 e. The molecule has 0 saturated carbocycles. The van der Waals surface area contributed by atoms with E-state index in [0.717, 1.165) is 55.8 Å². The lowest BCUT2D eigenvalue weighted by Crippen LogP contribution is -2.10. The zero-order chi connectivity index (χ0) is 30.6. The van der Waals surface area contributed by atoms with Crippen LogP contribution in [0.3, 0.4) is 0 Å². The van der Waals surface area contributed by atoms with Crippen LogP contribution in [0.25, 0.3) is 60.6 Å². The molecule has 0 N–H and O–H groups in total. The van der Waals surface area contributed by atoms with Crippen molar-refractivity contribution < 1.29 is 4.42 Å². The van der Waals surface area contributed by atoms with Crippen molar-refractivity contribution in [1.29, 1.82) is 0 Å². The summed E-state index contributed by atoms with van der Waals surface area (Å²) in [4.78, 5) is 2.32.